The second-order valence-corrected chi connectivity index (χ2v) is 6.21. The number of fused-ring (bicyclic) bond motifs is 2. The van der Waals surface area contributed by atoms with E-state index in [2.05, 4.69) is 5.32 Å². The van der Waals surface area contributed by atoms with Gasteiger partial charge in [0.25, 0.3) is 5.56 Å². The molecule has 0 aliphatic carbocycles. The van der Waals surface area contributed by atoms with E-state index >= 15 is 0 Å². The largest absolute Gasteiger partial charge is 0.481 e. The van der Waals surface area contributed by atoms with Crippen molar-refractivity contribution < 1.29 is 23.9 Å². The molecule has 0 saturated carbocycles. The van der Waals surface area contributed by atoms with Gasteiger partial charge in [0.1, 0.15) is 18.8 Å². The molecule has 8 heteroatoms. The van der Waals surface area contributed by atoms with Crippen LogP contribution in [0.15, 0.2) is 35.1 Å². The fraction of sp³-hybridized carbons (Fsp3) is 0.333. The van der Waals surface area contributed by atoms with E-state index in [1.165, 1.54) is 4.57 Å². The normalized spacial score (nSPS) is 16.9. The Bertz CT molecular complexity index is 952. The number of amides is 1. The molecule has 2 heterocycles. The lowest BCUT2D eigenvalue weighted by Crippen LogP contribution is -2.46. The van der Waals surface area contributed by atoms with Gasteiger partial charge in [0.15, 0.2) is 5.78 Å². The minimum Gasteiger partial charge on any atom is -0.481 e. The standard InChI is InChI=1S/C18H17FN2O5/c19-9-15(22)13(8-16(23)24)20-17(25)14-6-5-11-7-10-3-1-2-4-12(10)18(26)21(11)14/h1-4,7,13-14H,5-6,8-9H2,(H,20,25)(H,23,24)/t13?,14-/m0/s1. The van der Waals surface area contributed by atoms with Gasteiger partial charge in [-0.05, 0) is 30.4 Å². The quantitative estimate of drug-likeness (QED) is 0.799. The first-order valence-electron chi connectivity index (χ1n) is 8.16. The van der Waals surface area contributed by atoms with E-state index in [-0.39, 0.29) is 5.56 Å². The van der Waals surface area contributed by atoms with Crippen molar-refractivity contribution >= 4 is 28.4 Å². The molecule has 2 atom stereocenters. The van der Waals surface area contributed by atoms with Crippen LogP contribution in [0.5, 0.6) is 0 Å². The van der Waals surface area contributed by atoms with E-state index in [1.807, 2.05) is 18.2 Å². The third-order valence-electron chi connectivity index (χ3n) is 4.55. The Morgan fingerprint density at radius 1 is 1.31 bits per heavy atom. The van der Waals surface area contributed by atoms with Gasteiger partial charge in [0.2, 0.25) is 5.91 Å². The van der Waals surface area contributed by atoms with Crippen molar-refractivity contribution in [3.8, 4) is 0 Å². The van der Waals surface area contributed by atoms with Crippen molar-refractivity contribution in [1.29, 1.82) is 0 Å². The summed E-state index contributed by atoms with van der Waals surface area (Å²) in [4.78, 5) is 47.7. The van der Waals surface area contributed by atoms with Crippen molar-refractivity contribution in [2.24, 2.45) is 0 Å². The summed E-state index contributed by atoms with van der Waals surface area (Å²) in [6, 6.07) is 6.55. The number of carbonyl (C=O) groups excluding carboxylic acids is 2. The molecule has 0 radical (unpaired) electrons. The predicted octanol–water partition coefficient (Wildman–Crippen LogP) is 0.987. The van der Waals surface area contributed by atoms with Crippen molar-refractivity contribution in [2.75, 3.05) is 6.67 Å². The van der Waals surface area contributed by atoms with Gasteiger partial charge in [-0.15, -0.1) is 0 Å². The van der Waals surface area contributed by atoms with Crippen LogP contribution in [0.25, 0.3) is 10.8 Å². The lowest BCUT2D eigenvalue weighted by Gasteiger charge is -2.19. The Kier molecular flexibility index (Phi) is 4.83. The third-order valence-corrected chi connectivity index (χ3v) is 4.55. The van der Waals surface area contributed by atoms with E-state index in [9.17, 15) is 23.6 Å². The zero-order valence-corrected chi connectivity index (χ0v) is 13.8. The summed E-state index contributed by atoms with van der Waals surface area (Å²) < 4.78 is 14.0. The Hall–Kier alpha value is -3.03. The molecule has 0 saturated heterocycles. The molecule has 1 aromatic carbocycles. The van der Waals surface area contributed by atoms with Crippen LogP contribution in [0.1, 0.15) is 24.6 Å². The van der Waals surface area contributed by atoms with Gasteiger partial charge in [0, 0.05) is 11.1 Å². The van der Waals surface area contributed by atoms with Crippen LogP contribution in [-0.4, -0.2) is 40.0 Å². The molecule has 1 aliphatic heterocycles. The summed E-state index contributed by atoms with van der Waals surface area (Å²) in [5.74, 6) is -2.99. The topological polar surface area (TPSA) is 105 Å². The van der Waals surface area contributed by atoms with Crippen LogP contribution in [0.3, 0.4) is 0 Å². The van der Waals surface area contributed by atoms with Crippen LogP contribution in [0.4, 0.5) is 4.39 Å². The van der Waals surface area contributed by atoms with E-state index in [4.69, 9.17) is 5.11 Å². The molecule has 1 amide bonds. The minimum atomic E-state index is -1.45. The number of benzene rings is 1. The number of carboxylic acids is 1. The number of halogens is 1. The molecule has 0 spiro atoms. The zero-order valence-electron chi connectivity index (χ0n) is 13.8. The summed E-state index contributed by atoms with van der Waals surface area (Å²) in [6.45, 7) is -1.37. The number of aromatic nitrogens is 1. The Morgan fingerprint density at radius 2 is 2.04 bits per heavy atom. The molecule has 2 aromatic rings. The average molecular weight is 360 g/mol. The van der Waals surface area contributed by atoms with Crippen LogP contribution in [0, 0.1) is 0 Å². The summed E-state index contributed by atoms with van der Waals surface area (Å²) in [5.41, 5.74) is 0.378. The molecule has 3 rings (SSSR count). The van der Waals surface area contributed by atoms with Gasteiger partial charge in [-0.2, -0.15) is 0 Å². The van der Waals surface area contributed by atoms with Crippen LogP contribution >= 0.6 is 0 Å². The number of hydrogen-bond donors (Lipinski definition) is 2. The maximum Gasteiger partial charge on any atom is 0.305 e. The number of alkyl halides is 1. The molecule has 1 unspecified atom stereocenters. The molecular formula is C18H17FN2O5. The lowest BCUT2D eigenvalue weighted by molar-refractivity contribution is -0.140. The van der Waals surface area contributed by atoms with Crippen LogP contribution in [0.2, 0.25) is 0 Å². The number of hydrogen-bond acceptors (Lipinski definition) is 4. The molecule has 0 fully saturated rings. The highest BCUT2D eigenvalue weighted by Crippen LogP contribution is 2.26. The van der Waals surface area contributed by atoms with Gasteiger partial charge in [-0.1, -0.05) is 18.2 Å². The van der Waals surface area contributed by atoms with Crippen molar-refractivity contribution in [1.82, 2.24) is 9.88 Å². The fourth-order valence-electron chi connectivity index (χ4n) is 3.30. The number of aliphatic carboxylic acids is 1. The van der Waals surface area contributed by atoms with E-state index < -0.39 is 42.8 Å². The summed E-state index contributed by atoms with van der Waals surface area (Å²) in [7, 11) is 0. The van der Waals surface area contributed by atoms with Gasteiger partial charge in [-0.3, -0.25) is 23.7 Å². The highest BCUT2D eigenvalue weighted by molar-refractivity contribution is 5.93. The predicted molar refractivity (Wildman–Crippen MR) is 90.7 cm³/mol. The molecule has 136 valence electrons. The van der Waals surface area contributed by atoms with Gasteiger partial charge >= 0.3 is 5.97 Å². The molecule has 26 heavy (non-hydrogen) atoms. The van der Waals surface area contributed by atoms with Crippen molar-refractivity contribution in [2.45, 2.75) is 31.3 Å². The number of nitrogens with one attached hydrogen (secondary N) is 1. The lowest BCUT2D eigenvalue weighted by atomic mass is 10.1. The van der Waals surface area contributed by atoms with Crippen molar-refractivity contribution in [3.63, 3.8) is 0 Å². The molecule has 1 aromatic heterocycles. The van der Waals surface area contributed by atoms with Crippen LogP contribution in [-0.2, 0) is 20.8 Å². The number of aryl methyl sites for hydroxylation is 1. The number of nitrogens with zero attached hydrogens (tertiary/aromatic N) is 1. The van der Waals surface area contributed by atoms with Gasteiger partial charge in [0.05, 0.1) is 6.42 Å². The number of rotatable bonds is 6. The Labute approximate surface area is 147 Å². The number of Topliss-reactive ketones (excluding diaryl/α,β-unsaturated/α-hetero) is 1. The SMILES string of the molecule is O=C(O)CC(NC(=O)[C@@H]1CCc2cc3ccccc3c(=O)n21)C(=O)CF. The molecule has 0 bridgehead atoms. The summed E-state index contributed by atoms with van der Waals surface area (Å²) in [5, 5.41) is 12.4. The van der Waals surface area contributed by atoms with Gasteiger partial charge in [-0.25, -0.2) is 4.39 Å². The molecule has 7 nitrogen and oxygen atoms in total. The number of ketones is 1. The third kappa shape index (κ3) is 3.22. The first kappa shape index (κ1) is 17.8. The zero-order chi connectivity index (χ0) is 18.8. The monoisotopic (exact) mass is 360 g/mol. The maximum absolute atomic E-state index is 12.8. The first-order chi connectivity index (χ1) is 12.4. The van der Waals surface area contributed by atoms with Gasteiger partial charge < -0.3 is 10.4 Å². The second-order valence-electron chi connectivity index (χ2n) is 6.21. The molecule has 1 aliphatic rings. The average Bonchev–Trinajstić information content (AvgIpc) is 3.04. The van der Waals surface area contributed by atoms with Crippen molar-refractivity contribution in [3.05, 3.63) is 46.4 Å². The number of carboxylic acid groups (broad SMARTS) is 1. The maximum atomic E-state index is 12.8. The number of carbonyl (C=O) groups is 3. The second kappa shape index (κ2) is 7.07. The molecular weight excluding hydrogens is 343 g/mol. The summed E-state index contributed by atoms with van der Waals surface area (Å²) in [6.07, 6.45) is 0.139. The van der Waals surface area contributed by atoms with Crippen LogP contribution < -0.4 is 10.9 Å². The number of pyridine rings is 1. The smallest absolute Gasteiger partial charge is 0.305 e. The fourth-order valence-corrected chi connectivity index (χ4v) is 3.30. The molecule has 2 N–H and O–H groups in total. The minimum absolute atomic E-state index is 0.317. The van der Waals surface area contributed by atoms with E-state index in [1.54, 1.807) is 12.1 Å². The first-order valence-corrected chi connectivity index (χ1v) is 8.16. The highest BCUT2D eigenvalue weighted by atomic mass is 19.1. The highest BCUT2D eigenvalue weighted by Gasteiger charge is 2.33. The summed E-state index contributed by atoms with van der Waals surface area (Å²) >= 11 is 0. The van der Waals surface area contributed by atoms with E-state index in [0.29, 0.717) is 23.9 Å². The Balaban J connectivity index is 1.91. The Morgan fingerprint density at radius 3 is 2.73 bits per heavy atom. The van der Waals surface area contributed by atoms with E-state index in [0.717, 1.165) is 5.39 Å².